The molecule has 1 aliphatic heterocycles. The third kappa shape index (κ3) is 4.19. The van der Waals surface area contributed by atoms with Gasteiger partial charge in [0.1, 0.15) is 17.3 Å². The van der Waals surface area contributed by atoms with Crippen LogP contribution in [0.15, 0.2) is 48.5 Å². The maximum Gasteiger partial charge on any atom is 0.308 e. The maximum atomic E-state index is 13.2. The molecule has 0 bridgehead atoms. The number of likely N-dealkylation sites (tertiary alicyclic amines) is 1. The molecule has 2 aromatic carbocycles. The van der Waals surface area contributed by atoms with Gasteiger partial charge in [-0.1, -0.05) is 24.3 Å². The Kier molecular flexibility index (Phi) is 5.59. The molecule has 1 heterocycles. The van der Waals surface area contributed by atoms with E-state index in [1.807, 2.05) is 18.2 Å². The first-order valence-electron chi connectivity index (χ1n) is 8.51. The van der Waals surface area contributed by atoms with Crippen LogP contribution in [0.1, 0.15) is 11.5 Å². The molecular formula is C20H20FNO5. The molecule has 0 spiro atoms. The first-order chi connectivity index (χ1) is 13.0. The third-order valence-electron chi connectivity index (χ3n) is 4.69. The fourth-order valence-electron chi connectivity index (χ4n) is 3.34. The van der Waals surface area contributed by atoms with Crippen molar-refractivity contribution in [1.29, 1.82) is 0 Å². The van der Waals surface area contributed by atoms with Gasteiger partial charge in [0.15, 0.2) is 6.61 Å². The van der Waals surface area contributed by atoms with Crippen LogP contribution >= 0.6 is 0 Å². The first-order valence-corrected chi connectivity index (χ1v) is 8.51. The summed E-state index contributed by atoms with van der Waals surface area (Å²) in [5, 5.41) is 9.59. The minimum absolute atomic E-state index is 0.0867. The van der Waals surface area contributed by atoms with E-state index in [0.717, 1.165) is 5.56 Å². The zero-order valence-corrected chi connectivity index (χ0v) is 14.8. The van der Waals surface area contributed by atoms with Crippen LogP contribution in [0, 0.1) is 11.7 Å². The highest BCUT2D eigenvalue weighted by Crippen LogP contribution is 2.37. The van der Waals surface area contributed by atoms with Crippen molar-refractivity contribution in [1.82, 2.24) is 4.90 Å². The van der Waals surface area contributed by atoms with Gasteiger partial charge in [-0.3, -0.25) is 9.59 Å². The van der Waals surface area contributed by atoms with Gasteiger partial charge in [0.2, 0.25) is 0 Å². The number of benzene rings is 2. The molecule has 3 rings (SSSR count). The molecule has 0 saturated carbocycles. The highest BCUT2D eigenvalue weighted by Gasteiger charge is 2.41. The Balaban J connectivity index is 1.72. The predicted molar refractivity (Wildman–Crippen MR) is 95.3 cm³/mol. The topological polar surface area (TPSA) is 76.1 Å². The van der Waals surface area contributed by atoms with Crippen LogP contribution in [0.4, 0.5) is 4.39 Å². The standard InChI is InChI=1S/C20H20FNO5/c1-26-18-8-3-2-7-15(18)16-10-22(11-17(16)20(24)25)19(23)12-27-14-6-4-5-13(21)9-14/h2-9,16-17H,10-12H2,1H3,(H,24,25)/t16-,17+/m0/s1. The molecule has 1 fully saturated rings. The number of ether oxygens (including phenoxy) is 2. The van der Waals surface area contributed by atoms with Crippen LogP contribution in [-0.4, -0.2) is 48.7 Å². The lowest BCUT2D eigenvalue weighted by Crippen LogP contribution is -2.33. The predicted octanol–water partition coefficient (Wildman–Crippen LogP) is 2.54. The molecule has 7 heteroatoms. The molecule has 27 heavy (non-hydrogen) atoms. The molecule has 1 saturated heterocycles. The van der Waals surface area contributed by atoms with Gasteiger partial charge in [-0.15, -0.1) is 0 Å². The number of halogens is 1. The largest absolute Gasteiger partial charge is 0.496 e. The van der Waals surface area contributed by atoms with Crippen LogP contribution in [0.2, 0.25) is 0 Å². The summed E-state index contributed by atoms with van der Waals surface area (Å²) in [4.78, 5) is 25.7. The monoisotopic (exact) mass is 373 g/mol. The molecule has 0 unspecified atom stereocenters. The SMILES string of the molecule is COc1ccccc1[C@@H]1CN(C(=O)COc2cccc(F)c2)C[C@H]1C(=O)O. The van der Waals surface area contributed by atoms with Crippen molar-refractivity contribution in [2.75, 3.05) is 26.8 Å². The van der Waals surface area contributed by atoms with E-state index >= 15 is 0 Å². The summed E-state index contributed by atoms with van der Waals surface area (Å²) in [7, 11) is 1.53. The second-order valence-electron chi connectivity index (χ2n) is 6.34. The van der Waals surface area contributed by atoms with E-state index in [4.69, 9.17) is 9.47 Å². The van der Waals surface area contributed by atoms with Crippen LogP contribution < -0.4 is 9.47 Å². The first kappa shape index (κ1) is 18.7. The quantitative estimate of drug-likeness (QED) is 0.842. The average molecular weight is 373 g/mol. The Labute approximate surface area is 156 Å². The molecule has 2 aromatic rings. The van der Waals surface area contributed by atoms with Crippen molar-refractivity contribution in [3.63, 3.8) is 0 Å². The third-order valence-corrected chi connectivity index (χ3v) is 4.69. The summed E-state index contributed by atoms with van der Waals surface area (Å²) in [5.74, 6) is -2.03. The lowest BCUT2D eigenvalue weighted by Gasteiger charge is -2.18. The summed E-state index contributed by atoms with van der Waals surface area (Å²) in [6.45, 7) is 0.0561. The molecule has 6 nitrogen and oxygen atoms in total. The molecule has 1 N–H and O–H groups in total. The number of methoxy groups -OCH3 is 1. The number of aliphatic carboxylic acids is 1. The van der Waals surface area contributed by atoms with Gasteiger partial charge in [0.05, 0.1) is 13.0 Å². The van der Waals surface area contributed by atoms with Gasteiger partial charge in [-0.05, 0) is 23.8 Å². The molecule has 1 aliphatic rings. The number of carboxylic acid groups (broad SMARTS) is 1. The van der Waals surface area contributed by atoms with E-state index in [-0.39, 0.29) is 37.3 Å². The number of nitrogens with zero attached hydrogens (tertiary/aromatic N) is 1. The fourth-order valence-corrected chi connectivity index (χ4v) is 3.34. The van der Waals surface area contributed by atoms with Crippen molar-refractivity contribution in [3.8, 4) is 11.5 Å². The maximum absolute atomic E-state index is 13.2. The smallest absolute Gasteiger partial charge is 0.308 e. The minimum Gasteiger partial charge on any atom is -0.496 e. The van der Waals surface area contributed by atoms with Gasteiger partial charge in [-0.25, -0.2) is 4.39 Å². The summed E-state index contributed by atoms with van der Waals surface area (Å²) in [6, 6.07) is 12.7. The van der Waals surface area contributed by atoms with E-state index < -0.39 is 17.7 Å². The highest BCUT2D eigenvalue weighted by molar-refractivity contribution is 5.81. The van der Waals surface area contributed by atoms with Gasteiger partial charge >= 0.3 is 5.97 Å². The second-order valence-corrected chi connectivity index (χ2v) is 6.34. The Morgan fingerprint density at radius 2 is 1.96 bits per heavy atom. The Bertz CT molecular complexity index is 841. The lowest BCUT2D eigenvalue weighted by molar-refractivity contribution is -0.142. The number of rotatable bonds is 6. The Morgan fingerprint density at radius 3 is 2.67 bits per heavy atom. The summed E-state index contributed by atoms with van der Waals surface area (Å²) in [5.41, 5.74) is 0.758. The van der Waals surface area contributed by atoms with Crippen molar-refractivity contribution in [3.05, 3.63) is 59.9 Å². The minimum atomic E-state index is -0.966. The number of carbonyl (C=O) groups excluding carboxylic acids is 1. The number of para-hydroxylation sites is 1. The Morgan fingerprint density at radius 1 is 1.19 bits per heavy atom. The molecule has 1 amide bonds. The zero-order valence-electron chi connectivity index (χ0n) is 14.8. The normalized spacial score (nSPS) is 19.0. The van der Waals surface area contributed by atoms with Crippen molar-refractivity contribution >= 4 is 11.9 Å². The number of hydrogen-bond acceptors (Lipinski definition) is 4. The van der Waals surface area contributed by atoms with Crippen molar-refractivity contribution < 1.29 is 28.6 Å². The van der Waals surface area contributed by atoms with E-state index in [9.17, 15) is 19.1 Å². The molecule has 2 atom stereocenters. The number of carboxylic acids is 1. The van der Waals surface area contributed by atoms with Crippen LogP contribution in [-0.2, 0) is 9.59 Å². The number of carbonyl (C=O) groups is 2. The lowest BCUT2D eigenvalue weighted by atomic mass is 9.88. The molecule has 142 valence electrons. The average Bonchev–Trinajstić information content (AvgIpc) is 3.12. The van der Waals surface area contributed by atoms with E-state index in [0.29, 0.717) is 5.75 Å². The van der Waals surface area contributed by atoms with E-state index in [2.05, 4.69) is 0 Å². The zero-order chi connectivity index (χ0) is 19.4. The van der Waals surface area contributed by atoms with Gasteiger partial charge < -0.3 is 19.5 Å². The van der Waals surface area contributed by atoms with E-state index in [1.54, 1.807) is 12.1 Å². The van der Waals surface area contributed by atoms with Crippen molar-refractivity contribution in [2.24, 2.45) is 5.92 Å². The highest BCUT2D eigenvalue weighted by atomic mass is 19.1. The fraction of sp³-hybridized carbons (Fsp3) is 0.300. The summed E-state index contributed by atoms with van der Waals surface area (Å²) >= 11 is 0. The molecule has 0 aromatic heterocycles. The van der Waals surface area contributed by atoms with Gasteiger partial charge in [0, 0.05) is 25.1 Å². The van der Waals surface area contributed by atoms with Gasteiger partial charge in [0.25, 0.3) is 5.91 Å². The second kappa shape index (κ2) is 8.07. The van der Waals surface area contributed by atoms with Crippen LogP contribution in [0.5, 0.6) is 11.5 Å². The molecule has 0 aliphatic carbocycles. The summed E-state index contributed by atoms with van der Waals surface area (Å²) in [6.07, 6.45) is 0. The molecular weight excluding hydrogens is 353 g/mol. The molecule has 0 radical (unpaired) electrons. The van der Waals surface area contributed by atoms with Crippen LogP contribution in [0.25, 0.3) is 0 Å². The summed E-state index contributed by atoms with van der Waals surface area (Å²) < 4.78 is 23.9. The van der Waals surface area contributed by atoms with Crippen LogP contribution in [0.3, 0.4) is 0 Å². The van der Waals surface area contributed by atoms with Crippen molar-refractivity contribution in [2.45, 2.75) is 5.92 Å². The van der Waals surface area contributed by atoms with Gasteiger partial charge in [-0.2, -0.15) is 0 Å². The Hall–Kier alpha value is -3.09. The number of hydrogen-bond donors (Lipinski definition) is 1. The number of amides is 1. The van der Waals surface area contributed by atoms with E-state index in [1.165, 1.54) is 30.2 Å².